The second-order valence-electron chi connectivity index (χ2n) is 3.71. The number of hydrogen-bond donors (Lipinski definition) is 0. The van der Waals surface area contributed by atoms with E-state index in [0.29, 0.717) is 0 Å². The normalized spacial score (nSPS) is 14.9. The quantitative estimate of drug-likeness (QED) is 0.562. The highest BCUT2D eigenvalue weighted by atomic mass is 16.5. The second-order valence-corrected chi connectivity index (χ2v) is 3.71. The topological polar surface area (TPSA) is 52.6 Å². The van der Waals surface area contributed by atoms with Crippen LogP contribution in [0.3, 0.4) is 0 Å². The lowest BCUT2D eigenvalue weighted by Crippen LogP contribution is -2.18. The van der Waals surface area contributed by atoms with Crippen molar-refractivity contribution in [1.82, 2.24) is 0 Å². The molecule has 0 N–H and O–H groups in total. The average Bonchev–Trinajstić information content (AvgIpc) is 2.31. The van der Waals surface area contributed by atoms with Crippen LogP contribution in [0.25, 0.3) is 0 Å². The molecule has 0 radical (unpaired) electrons. The molecule has 0 amide bonds. The van der Waals surface area contributed by atoms with Gasteiger partial charge in [0.2, 0.25) is 0 Å². The van der Waals surface area contributed by atoms with Crippen LogP contribution >= 0.6 is 0 Å². The van der Waals surface area contributed by atoms with E-state index in [-0.39, 0.29) is 17.9 Å². The SMILES string of the molecule is C=COC(=O)C1CCCCC1.C=COC(C)=O. The number of carbonyl (C=O) groups is 2. The molecule has 0 saturated heterocycles. The van der Waals surface area contributed by atoms with Gasteiger partial charge in [-0.2, -0.15) is 0 Å². The van der Waals surface area contributed by atoms with Crippen molar-refractivity contribution >= 4 is 11.9 Å². The molecule has 0 bridgehead atoms. The number of esters is 2. The molecule has 4 nitrogen and oxygen atoms in total. The third kappa shape index (κ3) is 8.25. The van der Waals surface area contributed by atoms with Gasteiger partial charge in [-0.1, -0.05) is 32.4 Å². The second kappa shape index (κ2) is 9.63. The van der Waals surface area contributed by atoms with Crippen molar-refractivity contribution in [2.24, 2.45) is 5.92 Å². The molecular formula is C13H20O4. The summed E-state index contributed by atoms with van der Waals surface area (Å²) in [5.41, 5.74) is 0. The molecule has 96 valence electrons. The fourth-order valence-corrected chi connectivity index (χ4v) is 1.63. The van der Waals surface area contributed by atoms with Crippen LogP contribution in [0.15, 0.2) is 25.7 Å². The first-order chi connectivity index (χ1) is 8.11. The highest BCUT2D eigenvalue weighted by Crippen LogP contribution is 2.24. The molecular weight excluding hydrogens is 220 g/mol. The van der Waals surface area contributed by atoms with Crippen LogP contribution in [-0.4, -0.2) is 11.9 Å². The molecule has 17 heavy (non-hydrogen) atoms. The largest absolute Gasteiger partial charge is 0.435 e. The molecule has 1 rings (SSSR count). The molecule has 0 aromatic rings. The fraction of sp³-hybridized carbons (Fsp3) is 0.538. The summed E-state index contributed by atoms with van der Waals surface area (Å²) in [5, 5.41) is 0. The zero-order chi connectivity index (χ0) is 13.1. The van der Waals surface area contributed by atoms with Crippen LogP contribution in [-0.2, 0) is 19.1 Å². The van der Waals surface area contributed by atoms with Gasteiger partial charge in [-0.15, -0.1) is 0 Å². The van der Waals surface area contributed by atoms with Gasteiger partial charge in [-0.05, 0) is 12.8 Å². The first-order valence-electron chi connectivity index (χ1n) is 5.71. The van der Waals surface area contributed by atoms with Crippen molar-refractivity contribution in [3.63, 3.8) is 0 Å². The van der Waals surface area contributed by atoms with Crippen molar-refractivity contribution in [3.05, 3.63) is 25.7 Å². The molecule has 4 heteroatoms. The number of rotatable bonds is 3. The van der Waals surface area contributed by atoms with Crippen LogP contribution in [0.2, 0.25) is 0 Å². The Morgan fingerprint density at radius 3 is 1.94 bits per heavy atom. The van der Waals surface area contributed by atoms with Crippen LogP contribution in [0.5, 0.6) is 0 Å². The van der Waals surface area contributed by atoms with Crippen molar-refractivity contribution < 1.29 is 19.1 Å². The van der Waals surface area contributed by atoms with Gasteiger partial charge in [0.1, 0.15) is 0 Å². The molecule has 1 fully saturated rings. The van der Waals surface area contributed by atoms with Gasteiger partial charge in [0.15, 0.2) is 0 Å². The minimum absolute atomic E-state index is 0.0975. The Morgan fingerprint density at radius 2 is 1.59 bits per heavy atom. The van der Waals surface area contributed by atoms with Gasteiger partial charge in [-0.3, -0.25) is 9.59 Å². The summed E-state index contributed by atoms with van der Waals surface area (Å²) in [4.78, 5) is 20.9. The molecule has 0 aromatic carbocycles. The van der Waals surface area contributed by atoms with Gasteiger partial charge < -0.3 is 9.47 Å². The predicted molar refractivity (Wildman–Crippen MR) is 64.8 cm³/mol. The van der Waals surface area contributed by atoms with Crippen LogP contribution < -0.4 is 0 Å². The average molecular weight is 240 g/mol. The van der Waals surface area contributed by atoms with Crippen molar-refractivity contribution in [2.75, 3.05) is 0 Å². The van der Waals surface area contributed by atoms with E-state index in [1.54, 1.807) is 0 Å². The van der Waals surface area contributed by atoms with E-state index in [2.05, 4.69) is 17.9 Å². The molecule has 0 spiro atoms. The molecule has 1 aliphatic carbocycles. The molecule has 0 aromatic heterocycles. The summed E-state index contributed by atoms with van der Waals surface area (Å²) in [7, 11) is 0. The van der Waals surface area contributed by atoms with Crippen LogP contribution in [0, 0.1) is 5.92 Å². The standard InChI is InChI=1S/C9H14O2.C4H6O2/c1-2-11-9(10)8-6-4-3-5-7-8;1-3-6-4(2)5/h2,8H,1,3-7H2;3H,1H2,2H3. The Kier molecular flexibility index (Phi) is 8.74. The summed E-state index contributed by atoms with van der Waals surface area (Å²) in [6, 6.07) is 0. The Bertz CT molecular complexity index is 265. The maximum Gasteiger partial charge on any atom is 0.313 e. The zero-order valence-electron chi connectivity index (χ0n) is 10.3. The number of hydrogen-bond acceptors (Lipinski definition) is 4. The maximum atomic E-state index is 11.1. The summed E-state index contributed by atoms with van der Waals surface area (Å²) in [6.45, 7) is 7.83. The fourth-order valence-electron chi connectivity index (χ4n) is 1.63. The highest BCUT2D eigenvalue weighted by molar-refractivity contribution is 5.73. The Hall–Kier alpha value is -1.58. The van der Waals surface area contributed by atoms with Gasteiger partial charge >= 0.3 is 11.9 Å². The molecule has 0 heterocycles. The van der Waals surface area contributed by atoms with Gasteiger partial charge in [-0.25, -0.2) is 0 Å². The van der Waals surface area contributed by atoms with E-state index in [0.717, 1.165) is 31.9 Å². The maximum absolute atomic E-state index is 11.1. The molecule has 0 aliphatic heterocycles. The van der Waals surface area contributed by atoms with Crippen molar-refractivity contribution in [1.29, 1.82) is 0 Å². The lowest BCUT2D eigenvalue weighted by molar-refractivity contribution is -0.143. The summed E-state index contributed by atoms with van der Waals surface area (Å²) < 4.78 is 8.87. The van der Waals surface area contributed by atoms with E-state index >= 15 is 0 Å². The lowest BCUT2D eigenvalue weighted by atomic mass is 9.89. The molecule has 0 unspecified atom stereocenters. The Labute approximate surface area is 102 Å². The lowest BCUT2D eigenvalue weighted by Gasteiger charge is -2.18. The third-order valence-corrected chi connectivity index (χ3v) is 2.39. The monoisotopic (exact) mass is 240 g/mol. The third-order valence-electron chi connectivity index (χ3n) is 2.39. The first-order valence-corrected chi connectivity index (χ1v) is 5.71. The van der Waals surface area contributed by atoms with E-state index in [1.807, 2.05) is 0 Å². The van der Waals surface area contributed by atoms with E-state index in [1.165, 1.54) is 19.6 Å². The highest BCUT2D eigenvalue weighted by Gasteiger charge is 2.21. The van der Waals surface area contributed by atoms with E-state index < -0.39 is 0 Å². The minimum atomic E-state index is -0.329. The van der Waals surface area contributed by atoms with Gasteiger partial charge in [0.25, 0.3) is 0 Å². The molecule has 1 aliphatic rings. The summed E-state index contributed by atoms with van der Waals surface area (Å²) >= 11 is 0. The summed E-state index contributed by atoms with van der Waals surface area (Å²) in [5.74, 6) is -0.286. The predicted octanol–water partition coefficient (Wildman–Crippen LogP) is 2.95. The Balaban J connectivity index is 0.000000366. The Morgan fingerprint density at radius 1 is 1.06 bits per heavy atom. The van der Waals surface area contributed by atoms with Gasteiger partial charge in [0.05, 0.1) is 18.4 Å². The zero-order valence-corrected chi connectivity index (χ0v) is 10.3. The minimum Gasteiger partial charge on any atom is -0.435 e. The molecule has 0 atom stereocenters. The van der Waals surface area contributed by atoms with Crippen molar-refractivity contribution in [2.45, 2.75) is 39.0 Å². The molecule has 1 saturated carbocycles. The first kappa shape index (κ1) is 15.4. The number of ether oxygens (including phenoxy) is 2. The van der Waals surface area contributed by atoms with Crippen LogP contribution in [0.4, 0.5) is 0 Å². The van der Waals surface area contributed by atoms with E-state index in [4.69, 9.17) is 4.74 Å². The smallest absolute Gasteiger partial charge is 0.313 e. The van der Waals surface area contributed by atoms with Crippen molar-refractivity contribution in [3.8, 4) is 0 Å². The van der Waals surface area contributed by atoms with E-state index in [9.17, 15) is 9.59 Å². The van der Waals surface area contributed by atoms with Crippen LogP contribution in [0.1, 0.15) is 39.0 Å². The van der Waals surface area contributed by atoms with Gasteiger partial charge in [0, 0.05) is 6.92 Å². The summed E-state index contributed by atoms with van der Waals surface area (Å²) in [6.07, 6.45) is 7.89. The number of carbonyl (C=O) groups excluding carboxylic acids is 2.